The number of halogens is 2. The third kappa shape index (κ3) is 3.20. The Morgan fingerprint density at radius 3 is 2.48 bits per heavy atom. The first-order valence-corrected chi connectivity index (χ1v) is 8.30. The van der Waals surface area contributed by atoms with E-state index in [0.717, 1.165) is 23.1 Å². The first-order valence-electron chi connectivity index (χ1n) is 8.30. The van der Waals surface area contributed by atoms with Gasteiger partial charge in [-0.3, -0.25) is 19.5 Å². The van der Waals surface area contributed by atoms with Crippen LogP contribution in [0, 0.1) is 17.0 Å². The number of rotatable bonds is 3. The first-order chi connectivity index (χ1) is 12.6. The maximum atomic E-state index is 14.4. The molecule has 1 aromatic heterocycles. The fraction of sp³-hybridized carbons (Fsp3) is 0.250. The molecule has 1 N–H and O–H groups in total. The number of ketones is 1. The molecule has 0 saturated heterocycles. The van der Waals surface area contributed by atoms with E-state index in [0.29, 0.717) is 0 Å². The van der Waals surface area contributed by atoms with Crippen molar-refractivity contribution in [3.8, 4) is 0 Å². The van der Waals surface area contributed by atoms with Crippen LogP contribution in [0.15, 0.2) is 53.9 Å². The second-order valence-electron chi connectivity index (χ2n) is 7.27. The lowest BCUT2D eigenvalue weighted by atomic mass is 9.83. The standard InChI is InChI=1S/C20H18F2N2O3/c1-20(2,3)18(26)15-16(13-6-4-5-9-23-13)24(19(27)17(15)25)14-10-11(21)7-8-12(14)22/h4-10,16,25H,1-3H3. The Labute approximate surface area is 155 Å². The Balaban J connectivity index is 2.25. The second-order valence-corrected chi connectivity index (χ2v) is 7.27. The predicted octanol–water partition coefficient (Wildman–Crippen LogP) is 3.88. The second kappa shape index (κ2) is 6.57. The predicted molar refractivity (Wildman–Crippen MR) is 94.9 cm³/mol. The molecule has 140 valence electrons. The molecule has 0 saturated carbocycles. The van der Waals surface area contributed by atoms with Crippen molar-refractivity contribution in [2.24, 2.45) is 5.41 Å². The molecule has 1 amide bonds. The van der Waals surface area contributed by atoms with E-state index in [1.54, 1.807) is 39.0 Å². The van der Waals surface area contributed by atoms with Crippen molar-refractivity contribution in [3.05, 3.63) is 71.3 Å². The molecular weight excluding hydrogens is 354 g/mol. The van der Waals surface area contributed by atoms with Gasteiger partial charge in [0, 0.05) is 17.7 Å². The van der Waals surface area contributed by atoms with Gasteiger partial charge in [0.15, 0.2) is 11.5 Å². The number of aliphatic hydroxyl groups is 1. The maximum Gasteiger partial charge on any atom is 0.294 e. The Morgan fingerprint density at radius 1 is 1.19 bits per heavy atom. The van der Waals surface area contributed by atoms with Crippen LogP contribution in [-0.2, 0) is 9.59 Å². The van der Waals surface area contributed by atoms with Crippen LogP contribution in [0.2, 0.25) is 0 Å². The largest absolute Gasteiger partial charge is 0.503 e. The molecule has 0 radical (unpaired) electrons. The summed E-state index contributed by atoms with van der Waals surface area (Å²) in [7, 11) is 0. The summed E-state index contributed by atoms with van der Waals surface area (Å²) in [6.45, 7) is 4.92. The lowest BCUT2D eigenvalue weighted by Gasteiger charge is -2.28. The highest BCUT2D eigenvalue weighted by Gasteiger charge is 2.48. The van der Waals surface area contributed by atoms with Gasteiger partial charge in [0.1, 0.15) is 17.7 Å². The smallest absolute Gasteiger partial charge is 0.294 e. The van der Waals surface area contributed by atoms with Crippen molar-refractivity contribution in [2.75, 3.05) is 4.90 Å². The molecule has 2 heterocycles. The molecule has 2 aromatic rings. The van der Waals surface area contributed by atoms with Crippen LogP contribution < -0.4 is 4.90 Å². The monoisotopic (exact) mass is 372 g/mol. The normalized spacial score (nSPS) is 17.6. The summed E-state index contributed by atoms with van der Waals surface area (Å²) in [5, 5.41) is 10.4. The number of aliphatic hydroxyl groups excluding tert-OH is 1. The Bertz CT molecular complexity index is 949. The highest BCUT2D eigenvalue weighted by molar-refractivity contribution is 6.17. The Hall–Kier alpha value is -3.09. The van der Waals surface area contributed by atoms with E-state index in [1.807, 2.05) is 0 Å². The van der Waals surface area contributed by atoms with Crippen LogP contribution in [0.5, 0.6) is 0 Å². The molecule has 27 heavy (non-hydrogen) atoms. The van der Waals surface area contributed by atoms with Crippen LogP contribution in [0.25, 0.3) is 0 Å². The minimum Gasteiger partial charge on any atom is -0.503 e. The van der Waals surface area contributed by atoms with E-state index < -0.39 is 40.5 Å². The number of amides is 1. The van der Waals surface area contributed by atoms with Gasteiger partial charge in [0.25, 0.3) is 5.91 Å². The molecular formula is C20H18F2N2O3. The number of aromatic nitrogens is 1. The molecule has 5 nitrogen and oxygen atoms in total. The SMILES string of the molecule is CC(C)(C)C(=O)C1=C(O)C(=O)N(c2cc(F)ccc2F)C1c1ccccn1. The molecule has 1 unspecified atom stereocenters. The van der Waals surface area contributed by atoms with E-state index in [9.17, 15) is 23.5 Å². The van der Waals surface area contributed by atoms with Gasteiger partial charge in [-0.05, 0) is 24.3 Å². The number of benzene rings is 1. The number of hydrogen-bond acceptors (Lipinski definition) is 4. The molecule has 1 aromatic carbocycles. The molecule has 1 atom stereocenters. The van der Waals surface area contributed by atoms with Crippen molar-refractivity contribution in [3.63, 3.8) is 0 Å². The van der Waals surface area contributed by atoms with E-state index in [2.05, 4.69) is 4.98 Å². The highest BCUT2D eigenvalue weighted by Crippen LogP contribution is 2.43. The van der Waals surface area contributed by atoms with Gasteiger partial charge in [0.2, 0.25) is 0 Å². The van der Waals surface area contributed by atoms with Crippen molar-refractivity contribution in [2.45, 2.75) is 26.8 Å². The number of hydrogen-bond donors (Lipinski definition) is 1. The van der Waals surface area contributed by atoms with Crippen LogP contribution in [0.4, 0.5) is 14.5 Å². The number of carbonyl (C=O) groups excluding carboxylic acids is 2. The van der Waals surface area contributed by atoms with Gasteiger partial charge in [-0.15, -0.1) is 0 Å². The van der Waals surface area contributed by atoms with Crippen molar-refractivity contribution in [1.29, 1.82) is 0 Å². The van der Waals surface area contributed by atoms with Crippen molar-refractivity contribution < 1.29 is 23.5 Å². The van der Waals surface area contributed by atoms with Gasteiger partial charge in [-0.1, -0.05) is 26.8 Å². The summed E-state index contributed by atoms with van der Waals surface area (Å²) in [5.41, 5.74) is -1.22. The zero-order valence-electron chi connectivity index (χ0n) is 15.0. The Kier molecular flexibility index (Phi) is 4.55. The lowest BCUT2D eigenvalue weighted by molar-refractivity contribution is -0.123. The van der Waals surface area contributed by atoms with Gasteiger partial charge < -0.3 is 5.11 Å². The first kappa shape index (κ1) is 18.7. The fourth-order valence-corrected chi connectivity index (χ4v) is 2.98. The van der Waals surface area contributed by atoms with E-state index >= 15 is 0 Å². The summed E-state index contributed by atoms with van der Waals surface area (Å²) < 4.78 is 28.1. The quantitative estimate of drug-likeness (QED) is 0.888. The minimum absolute atomic E-state index is 0.185. The summed E-state index contributed by atoms with van der Waals surface area (Å²) >= 11 is 0. The number of nitrogens with zero attached hydrogens (tertiary/aromatic N) is 2. The fourth-order valence-electron chi connectivity index (χ4n) is 2.98. The van der Waals surface area contributed by atoms with Crippen molar-refractivity contribution in [1.82, 2.24) is 4.98 Å². The number of Topliss-reactive ketones (excluding diaryl/α,β-unsaturated/α-hetero) is 1. The van der Waals surface area contributed by atoms with E-state index in [1.165, 1.54) is 6.20 Å². The average Bonchev–Trinajstić information content (AvgIpc) is 2.88. The third-order valence-electron chi connectivity index (χ3n) is 4.27. The summed E-state index contributed by atoms with van der Waals surface area (Å²) in [6, 6.07) is 6.32. The minimum atomic E-state index is -1.17. The van der Waals surface area contributed by atoms with Gasteiger partial charge >= 0.3 is 0 Å². The van der Waals surface area contributed by atoms with E-state index in [-0.39, 0.29) is 17.0 Å². The molecule has 1 aliphatic heterocycles. The summed E-state index contributed by atoms with van der Waals surface area (Å²) in [6.07, 6.45) is 1.45. The lowest BCUT2D eigenvalue weighted by Crippen LogP contribution is -2.34. The van der Waals surface area contributed by atoms with Crippen LogP contribution in [0.1, 0.15) is 32.5 Å². The zero-order valence-corrected chi connectivity index (χ0v) is 15.0. The molecule has 1 aliphatic rings. The number of carbonyl (C=O) groups is 2. The zero-order chi connectivity index (χ0) is 19.9. The molecule has 0 aliphatic carbocycles. The third-order valence-corrected chi connectivity index (χ3v) is 4.27. The highest BCUT2D eigenvalue weighted by atomic mass is 19.1. The maximum absolute atomic E-state index is 14.4. The molecule has 3 rings (SSSR count). The summed E-state index contributed by atoms with van der Waals surface area (Å²) in [4.78, 5) is 30.7. The van der Waals surface area contributed by atoms with E-state index in [4.69, 9.17) is 0 Å². The van der Waals surface area contributed by atoms with Gasteiger partial charge in [-0.25, -0.2) is 8.78 Å². The van der Waals surface area contributed by atoms with Crippen LogP contribution in [-0.4, -0.2) is 21.8 Å². The number of anilines is 1. The molecule has 7 heteroatoms. The number of pyridine rings is 1. The topological polar surface area (TPSA) is 70.5 Å². The molecule has 0 spiro atoms. The molecule has 0 fully saturated rings. The van der Waals surface area contributed by atoms with Gasteiger partial charge in [0.05, 0.1) is 17.0 Å². The van der Waals surface area contributed by atoms with Gasteiger partial charge in [-0.2, -0.15) is 0 Å². The Morgan fingerprint density at radius 2 is 1.89 bits per heavy atom. The molecule has 0 bridgehead atoms. The van der Waals surface area contributed by atoms with Crippen LogP contribution in [0.3, 0.4) is 0 Å². The summed E-state index contributed by atoms with van der Waals surface area (Å²) in [5.74, 6) is -3.86. The van der Waals surface area contributed by atoms with Crippen molar-refractivity contribution >= 4 is 17.4 Å². The van der Waals surface area contributed by atoms with Crippen LogP contribution >= 0.6 is 0 Å². The average molecular weight is 372 g/mol.